The molecule has 7 nitrogen and oxygen atoms in total. The largest absolute Gasteiger partial charge is 0.485 e. The molecule has 2 heterocycles. The molecule has 1 amide bonds. The summed E-state index contributed by atoms with van der Waals surface area (Å²) < 4.78 is 35.0. The molecule has 3 aromatic rings. The molecule has 32 heavy (non-hydrogen) atoms. The summed E-state index contributed by atoms with van der Waals surface area (Å²) in [7, 11) is 0. The number of unbranched alkanes of at least 4 members (excludes halogenated alkanes) is 1. The Morgan fingerprint density at radius 1 is 1.38 bits per heavy atom. The molecule has 0 fully saturated rings. The van der Waals surface area contributed by atoms with Crippen LogP contribution in [0.2, 0.25) is 0 Å². The molecule has 0 aliphatic carbocycles. The summed E-state index contributed by atoms with van der Waals surface area (Å²) in [6, 6.07) is 6.49. The fourth-order valence-electron chi connectivity index (χ4n) is 3.40. The number of amides is 1. The molecule has 2 aromatic heterocycles. The van der Waals surface area contributed by atoms with Crippen LogP contribution in [0.3, 0.4) is 0 Å². The predicted octanol–water partition coefficient (Wildman–Crippen LogP) is 3.65. The standard InChI is InChI=1S/C23H24F2N4O3/c1-3-4-6-16(12-30)28-23(31)21-14(2)27-22-20(9-15(10-26)11-29(21)22)32-13-17-18(24)7-5-8-19(17)25/h5,7-9,11,16,30H,3-4,6,12-13H2,1-2H3,(H,28,31). The Morgan fingerprint density at radius 2 is 2.09 bits per heavy atom. The minimum atomic E-state index is -0.751. The molecule has 1 atom stereocenters. The zero-order chi connectivity index (χ0) is 23.3. The summed E-state index contributed by atoms with van der Waals surface area (Å²) in [5.41, 5.74) is 0.729. The fourth-order valence-corrected chi connectivity index (χ4v) is 3.40. The SMILES string of the molecule is CCCCC(CO)NC(=O)c1c(C)nc2c(OCc3c(F)cccc3F)cc(C#N)cn12. The molecule has 3 rings (SSSR count). The Labute approximate surface area is 184 Å². The Morgan fingerprint density at radius 3 is 2.72 bits per heavy atom. The molecule has 0 radical (unpaired) electrons. The maximum atomic E-state index is 14.0. The van der Waals surface area contributed by atoms with Crippen molar-refractivity contribution in [3.63, 3.8) is 0 Å². The summed E-state index contributed by atoms with van der Waals surface area (Å²) >= 11 is 0. The highest BCUT2D eigenvalue weighted by Gasteiger charge is 2.22. The number of rotatable bonds is 9. The van der Waals surface area contributed by atoms with Crippen molar-refractivity contribution < 1.29 is 23.4 Å². The van der Waals surface area contributed by atoms with Crippen molar-refractivity contribution in [1.29, 1.82) is 5.26 Å². The van der Waals surface area contributed by atoms with Gasteiger partial charge in [0.25, 0.3) is 5.91 Å². The van der Waals surface area contributed by atoms with E-state index in [0.717, 1.165) is 25.0 Å². The van der Waals surface area contributed by atoms with Gasteiger partial charge in [0.05, 0.1) is 29.5 Å². The van der Waals surface area contributed by atoms with Crippen molar-refractivity contribution in [1.82, 2.24) is 14.7 Å². The van der Waals surface area contributed by atoms with E-state index in [4.69, 9.17) is 4.74 Å². The molecule has 0 aliphatic heterocycles. The molecular weight excluding hydrogens is 418 g/mol. The number of aryl methyl sites for hydroxylation is 1. The number of halogens is 2. The molecule has 2 N–H and O–H groups in total. The first-order valence-electron chi connectivity index (χ1n) is 10.3. The summed E-state index contributed by atoms with van der Waals surface area (Å²) in [5.74, 6) is -1.84. The number of ether oxygens (including phenoxy) is 1. The molecular formula is C23H24F2N4O3. The normalized spacial score (nSPS) is 11.9. The minimum Gasteiger partial charge on any atom is -0.485 e. The van der Waals surface area contributed by atoms with Crippen LogP contribution in [-0.2, 0) is 6.61 Å². The van der Waals surface area contributed by atoms with E-state index in [1.165, 1.54) is 22.7 Å². The van der Waals surface area contributed by atoms with Crippen LogP contribution in [0.15, 0.2) is 30.5 Å². The maximum absolute atomic E-state index is 14.0. The van der Waals surface area contributed by atoms with Crippen LogP contribution in [0.1, 0.15) is 53.5 Å². The average Bonchev–Trinajstić information content (AvgIpc) is 3.11. The minimum absolute atomic E-state index is 0.110. The summed E-state index contributed by atoms with van der Waals surface area (Å²) in [6.07, 6.45) is 3.85. The highest BCUT2D eigenvalue weighted by molar-refractivity contribution is 5.95. The van der Waals surface area contributed by atoms with Gasteiger partial charge in [-0.05, 0) is 25.5 Å². The zero-order valence-corrected chi connectivity index (χ0v) is 17.9. The number of aliphatic hydroxyl groups excluding tert-OH is 1. The van der Waals surface area contributed by atoms with Crippen molar-refractivity contribution in [3.05, 3.63) is 64.6 Å². The number of fused-ring (bicyclic) bond motifs is 1. The van der Waals surface area contributed by atoms with E-state index in [9.17, 15) is 23.9 Å². The molecule has 9 heteroatoms. The number of nitrogens with zero attached hydrogens (tertiary/aromatic N) is 3. The van der Waals surface area contributed by atoms with Crippen LogP contribution in [0.5, 0.6) is 5.75 Å². The van der Waals surface area contributed by atoms with Crippen LogP contribution in [0, 0.1) is 29.9 Å². The van der Waals surface area contributed by atoms with Crippen molar-refractivity contribution >= 4 is 11.6 Å². The average molecular weight is 442 g/mol. The third-order valence-electron chi connectivity index (χ3n) is 5.10. The fraction of sp³-hybridized carbons (Fsp3) is 0.348. The molecule has 168 valence electrons. The Bertz CT molecular complexity index is 1150. The second-order valence-corrected chi connectivity index (χ2v) is 7.43. The van der Waals surface area contributed by atoms with Gasteiger partial charge in [0.1, 0.15) is 30.0 Å². The van der Waals surface area contributed by atoms with Gasteiger partial charge >= 0.3 is 0 Å². The van der Waals surface area contributed by atoms with Crippen LogP contribution < -0.4 is 10.1 Å². The highest BCUT2D eigenvalue weighted by Crippen LogP contribution is 2.26. The van der Waals surface area contributed by atoms with E-state index in [1.807, 2.05) is 13.0 Å². The van der Waals surface area contributed by atoms with Gasteiger partial charge in [-0.1, -0.05) is 25.8 Å². The lowest BCUT2D eigenvalue weighted by Crippen LogP contribution is -2.38. The smallest absolute Gasteiger partial charge is 0.270 e. The number of aromatic nitrogens is 2. The molecule has 0 saturated heterocycles. The predicted molar refractivity (Wildman–Crippen MR) is 113 cm³/mol. The number of hydrogen-bond donors (Lipinski definition) is 2. The summed E-state index contributed by atoms with van der Waals surface area (Å²) in [4.78, 5) is 17.3. The highest BCUT2D eigenvalue weighted by atomic mass is 19.1. The third kappa shape index (κ3) is 4.86. The number of imidazole rings is 1. The van der Waals surface area contributed by atoms with E-state index in [0.29, 0.717) is 12.1 Å². The van der Waals surface area contributed by atoms with Crippen LogP contribution >= 0.6 is 0 Å². The number of benzene rings is 1. The van der Waals surface area contributed by atoms with Gasteiger partial charge in [0, 0.05) is 12.3 Å². The number of pyridine rings is 1. The van der Waals surface area contributed by atoms with Gasteiger partial charge in [-0.25, -0.2) is 13.8 Å². The third-order valence-corrected chi connectivity index (χ3v) is 5.10. The molecule has 0 saturated carbocycles. The molecule has 1 aromatic carbocycles. The van der Waals surface area contributed by atoms with Gasteiger partial charge in [-0.2, -0.15) is 5.26 Å². The monoisotopic (exact) mass is 442 g/mol. The van der Waals surface area contributed by atoms with E-state index in [1.54, 1.807) is 6.92 Å². The molecule has 0 bridgehead atoms. The number of aliphatic hydroxyl groups is 1. The number of nitriles is 1. The van der Waals surface area contributed by atoms with Crippen molar-refractivity contribution in [2.45, 2.75) is 45.8 Å². The number of carbonyl (C=O) groups excluding carboxylic acids is 1. The van der Waals surface area contributed by atoms with Gasteiger partial charge in [0.2, 0.25) is 0 Å². The van der Waals surface area contributed by atoms with Crippen molar-refractivity contribution in [3.8, 4) is 11.8 Å². The van der Waals surface area contributed by atoms with E-state index < -0.39 is 30.2 Å². The van der Waals surface area contributed by atoms with Crippen LogP contribution in [-0.4, -0.2) is 33.0 Å². The van der Waals surface area contributed by atoms with Crippen LogP contribution in [0.25, 0.3) is 5.65 Å². The van der Waals surface area contributed by atoms with E-state index >= 15 is 0 Å². The topological polar surface area (TPSA) is 99.7 Å². The van der Waals surface area contributed by atoms with Gasteiger partial charge in [0.15, 0.2) is 11.4 Å². The Kier molecular flexibility index (Phi) is 7.38. The maximum Gasteiger partial charge on any atom is 0.270 e. The number of nitrogens with one attached hydrogen (secondary N) is 1. The van der Waals surface area contributed by atoms with Crippen LogP contribution in [0.4, 0.5) is 8.78 Å². The quantitative estimate of drug-likeness (QED) is 0.527. The Balaban J connectivity index is 1.96. The Hall–Kier alpha value is -3.51. The first-order valence-corrected chi connectivity index (χ1v) is 10.3. The van der Waals surface area contributed by atoms with Crippen molar-refractivity contribution in [2.24, 2.45) is 0 Å². The number of hydrogen-bond acceptors (Lipinski definition) is 5. The van der Waals surface area contributed by atoms with E-state index in [2.05, 4.69) is 10.3 Å². The second kappa shape index (κ2) is 10.2. The lowest BCUT2D eigenvalue weighted by Gasteiger charge is -2.16. The van der Waals surface area contributed by atoms with Crippen molar-refractivity contribution in [2.75, 3.05) is 6.61 Å². The first kappa shape index (κ1) is 23.2. The zero-order valence-electron chi connectivity index (χ0n) is 17.9. The van der Waals surface area contributed by atoms with Gasteiger partial charge in [-0.3, -0.25) is 9.20 Å². The molecule has 0 spiro atoms. The van der Waals surface area contributed by atoms with E-state index in [-0.39, 0.29) is 34.8 Å². The second-order valence-electron chi connectivity index (χ2n) is 7.43. The number of carbonyl (C=O) groups is 1. The molecule has 1 unspecified atom stereocenters. The molecule has 0 aliphatic rings. The lowest BCUT2D eigenvalue weighted by molar-refractivity contribution is 0.0905. The van der Waals surface area contributed by atoms with Gasteiger partial charge < -0.3 is 15.2 Å². The lowest BCUT2D eigenvalue weighted by atomic mass is 10.1. The first-order chi connectivity index (χ1) is 15.4. The summed E-state index contributed by atoms with van der Waals surface area (Å²) in [5, 5.41) is 21.8. The summed E-state index contributed by atoms with van der Waals surface area (Å²) in [6.45, 7) is 3.03. The van der Waals surface area contributed by atoms with Gasteiger partial charge in [-0.15, -0.1) is 0 Å².